The Balaban J connectivity index is 2.13. The zero-order valence-electron chi connectivity index (χ0n) is 10.9. The van der Waals surface area contributed by atoms with Crippen molar-refractivity contribution in [3.63, 3.8) is 0 Å². The number of hydrogen-bond donors (Lipinski definition) is 1. The van der Waals surface area contributed by atoms with Crippen molar-refractivity contribution in [2.45, 2.75) is 32.0 Å². The van der Waals surface area contributed by atoms with E-state index in [0.717, 1.165) is 38.1 Å². The first kappa shape index (κ1) is 14.1. The van der Waals surface area contributed by atoms with E-state index in [1.54, 1.807) is 0 Å². The lowest BCUT2D eigenvalue weighted by Crippen LogP contribution is -2.46. The molecule has 0 aliphatic carbocycles. The van der Waals surface area contributed by atoms with Gasteiger partial charge in [-0.05, 0) is 31.5 Å². The van der Waals surface area contributed by atoms with Gasteiger partial charge in [0, 0.05) is 25.3 Å². The highest BCUT2D eigenvalue weighted by Gasteiger charge is 2.31. The lowest BCUT2D eigenvalue weighted by atomic mass is 10.1. The van der Waals surface area contributed by atoms with Crippen LogP contribution in [0.15, 0.2) is 18.3 Å². The van der Waals surface area contributed by atoms with E-state index in [1.807, 2.05) is 11.8 Å². The number of rotatable bonds is 3. The molecule has 6 heteroatoms. The summed E-state index contributed by atoms with van der Waals surface area (Å²) in [4.78, 5) is 5.99. The van der Waals surface area contributed by atoms with Crippen molar-refractivity contribution in [2.75, 3.05) is 24.5 Å². The van der Waals surface area contributed by atoms with E-state index in [9.17, 15) is 13.2 Å². The Bertz CT molecular complexity index is 418. The monoisotopic (exact) mass is 273 g/mol. The average molecular weight is 273 g/mol. The first-order valence-corrected chi connectivity index (χ1v) is 6.52. The van der Waals surface area contributed by atoms with Crippen molar-refractivity contribution in [3.05, 3.63) is 23.9 Å². The minimum Gasteiger partial charge on any atom is -0.355 e. The van der Waals surface area contributed by atoms with Crippen molar-refractivity contribution >= 4 is 5.82 Å². The number of likely N-dealkylation sites (N-methyl/N-ethyl adjacent to an activating group) is 1. The number of nitrogens with zero attached hydrogens (tertiary/aromatic N) is 2. The lowest BCUT2D eigenvalue weighted by Gasteiger charge is -2.34. The third kappa shape index (κ3) is 3.59. The van der Waals surface area contributed by atoms with Gasteiger partial charge in [0.25, 0.3) is 0 Å². The van der Waals surface area contributed by atoms with E-state index in [1.165, 1.54) is 6.20 Å². The summed E-state index contributed by atoms with van der Waals surface area (Å²) in [7, 11) is 0. The molecule has 1 aromatic rings. The SMILES string of the molecule is CCNC1CCCN(c2cc(C(F)(F)F)ccn2)C1. The van der Waals surface area contributed by atoms with Gasteiger partial charge in [0.15, 0.2) is 0 Å². The number of piperidine rings is 1. The first-order valence-electron chi connectivity index (χ1n) is 6.52. The van der Waals surface area contributed by atoms with Gasteiger partial charge in [-0.15, -0.1) is 0 Å². The molecule has 1 atom stereocenters. The molecule has 0 amide bonds. The highest BCUT2D eigenvalue weighted by Crippen LogP contribution is 2.31. The van der Waals surface area contributed by atoms with Crippen molar-refractivity contribution < 1.29 is 13.2 Å². The van der Waals surface area contributed by atoms with Gasteiger partial charge in [-0.1, -0.05) is 6.92 Å². The normalized spacial score (nSPS) is 20.6. The van der Waals surface area contributed by atoms with Crippen LogP contribution in [0.2, 0.25) is 0 Å². The van der Waals surface area contributed by atoms with Gasteiger partial charge < -0.3 is 10.2 Å². The second kappa shape index (κ2) is 5.77. The average Bonchev–Trinajstić information content (AvgIpc) is 2.39. The standard InChI is InChI=1S/C13H18F3N3/c1-2-17-11-4-3-7-19(9-11)12-8-10(5-6-18-12)13(14,15)16/h5-6,8,11,17H,2-4,7,9H2,1H3. The van der Waals surface area contributed by atoms with Crippen LogP contribution >= 0.6 is 0 Å². The van der Waals surface area contributed by atoms with E-state index in [2.05, 4.69) is 10.3 Å². The molecule has 0 saturated carbocycles. The molecule has 1 aliphatic rings. The van der Waals surface area contributed by atoms with Gasteiger partial charge in [-0.2, -0.15) is 13.2 Å². The fraction of sp³-hybridized carbons (Fsp3) is 0.615. The van der Waals surface area contributed by atoms with E-state index in [4.69, 9.17) is 0 Å². The Hall–Kier alpha value is -1.30. The van der Waals surface area contributed by atoms with Gasteiger partial charge in [0.1, 0.15) is 5.82 Å². The topological polar surface area (TPSA) is 28.2 Å². The smallest absolute Gasteiger partial charge is 0.355 e. The van der Waals surface area contributed by atoms with Gasteiger partial charge >= 0.3 is 6.18 Å². The van der Waals surface area contributed by atoms with Crippen LogP contribution < -0.4 is 10.2 Å². The molecule has 3 nitrogen and oxygen atoms in total. The zero-order chi connectivity index (χ0) is 13.9. The molecule has 0 radical (unpaired) electrons. The molecule has 106 valence electrons. The summed E-state index contributed by atoms with van der Waals surface area (Å²) in [5.74, 6) is 0.414. The molecule has 0 bridgehead atoms. The largest absolute Gasteiger partial charge is 0.416 e. The van der Waals surface area contributed by atoms with Crippen molar-refractivity contribution in [1.82, 2.24) is 10.3 Å². The Morgan fingerprint density at radius 1 is 1.47 bits per heavy atom. The molecule has 1 unspecified atom stereocenters. The zero-order valence-corrected chi connectivity index (χ0v) is 10.9. The van der Waals surface area contributed by atoms with E-state index >= 15 is 0 Å². The van der Waals surface area contributed by atoms with Crippen LogP contribution in [-0.2, 0) is 6.18 Å². The van der Waals surface area contributed by atoms with Gasteiger partial charge in [-0.3, -0.25) is 0 Å². The molecule has 2 rings (SSSR count). The van der Waals surface area contributed by atoms with Crippen LogP contribution in [0.3, 0.4) is 0 Å². The molecular weight excluding hydrogens is 255 g/mol. The van der Waals surface area contributed by atoms with Crippen molar-refractivity contribution in [3.8, 4) is 0 Å². The number of anilines is 1. The highest BCUT2D eigenvalue weighted by atomic mass is 19.4. The second-order valence-electron chi connectivity index (χ2n) is 4.74. The molecule has 1 aromatic heterocycles. The second-order valence-corrected chi connectivity index (χ2v) is 4.74. The third-order valence-corrected chi connectivity index (χ3v) is 3.31. The maximum Gasteiger partial charge on any atom is 0.416 e. The molecule has 19 heavy (non-hydrogen) atoms. The third-order valence-electron chi connectivity index (χ3n) is 3.31. The number of halogens is 3. The molecule has 0 aromatic carbocycles. The first-order chi connectivity index (χ1) is 9.00. The van der Waals surface area contributed by atoms with E-state index < -0.39 is 11.7 Å². The Labute approximate surface area is 110 Å². The van der Waals surface area contributed by atoms with Crippen molar-refractivity contribution in [2.24, 2.45) is 0 Å². The Morgan fingerprint density at radius 2 is 2.26 bits per heavy atom. The maximum atomic E-state index is 12.7. The summed E-state index contributed by atoms with van der Waals surface area (Å²) >= 11 is 0. The number of aromatic nitrogens is 1. The van der Waals surface area contributed by atoms with E-state index in [-0.39, 0.29) is 0 Å². The summed E-state index contributed by atoms with van der Waals surface area (Å²) in [5.41, 5.74) is -0.636. The van der Waals surface area contributed by atoms with Crippen LogP contribution in [0.25, 0.3) is 0 Å². The predicted molar refractivity (Wildman–Crippen MR) is 68.2 cm³/mol. The maximum absolute atomic E-state index is 12.7. The van der Waals surface area contributed by atoms with Crippen LogP contribution in [0.4, 0.5) is 19.0 Å². The van der Waals surface area contributed by atoms with Gasteiger partial charge in [0.2, 0.25) is 0 Å². The van der Waals surface area contributed by atoms with Gasteiger partial charge in [0.05, 0.1) is 5.56 Å². The number of nitrogens with one attached hydrogen (secondary N) is 1. The summed E-state index contributed by atoms with van der Waals surface area (Å²) in [5, 5.41) is 3.34. The molecule has 2 heterocycles. The summed E-state index contributed by atoms with van der Waals surface area (Å²) in [6.07, 6.45) is -1.05. The molecule has 1 fully saturated rings. The Morgan fingerprint density at radius 3 is 2.95 bits per heavy atom. The fourth-order valence-corrected chi connectivity index (χ4v) is 2.41. The van der Waals surface area contributed by atoms with Gasteiger partial charge in [-0.25, -0.2) is 4.98 Å². The van der Waals surface area contributed by atoms with E-state index in [0.29, 0.717) is 18.4 Å². The number of alkyl halides is 3. The molecule has 1 saturated heterocycles. The number of hydrogen-bond acceptors (Lipinski definition) is 3. The highest BCUT2D eigenvalue weighted by molar-refractivity contribution is 5.42. The Kier molecular flexibility index (Phi) is 4.29. The summed E-state index contributed by atoms with van der Waals surface area (Å²) in [6.45, 7) is 4.37. The fourth-order valence-electron chi connectivity index (χ4n) is 2.41. The summed E-state index contributed by atoms with van der Waals surface area (Å²) in [6, 6.07) is 2.47. The molecule has 1 N–H and O–H groups in total. The predicted octanol–water partition coefficient (Wildman–Crippen LogP) is 2.68. The van der Waals surface area contributed by atoms with Crippen LogP contribution in [-0.4, -0.2) is 30.7 Å². The quantitative estimate of drug-likeness (QED) is 0.917. The molecule has 1 aliphatic heterocycles. The molecular formula is C13H18F3N3. The minimum atomic E-state index is -4.31. The van der Waals surface area contributed by atoms with Crippen LogP contribution in [0, 0.1) is 0 Å². The van der Waals surface area contributed by atoms with Crippen LogP contribution in [0.1, 0.15) is 25.3 Å². The minimum absolute atomic E-state index is 0.329. The van der Waals surface area contributed by atoms with Crippen LogP contribution in [0.5, 0.6) is 0 Å². The summed E-state index contributed by atoms with van der Waals surface area (Å²) < 4.78 is 38.0. The molecule has 0 spiro atoms. The number of pyridine rings is 1. The van der Waals surface area contributed by atoms with Crippen molar-refractivity contribution in [1.29, 1.82) is 0 Å². The lowest BCUT2D eigenvalue weighted by molar-refractivity contribution is -0.137.